The molecule has 0 radical (unpaired) electrons. The molecule has 2 atom stereocenters. The summed E-state index contributed by atoms with van der Waals surface area (Å²) < 4.78 is 11.2. The van der Waals surface area contributed by atoms with E-state index in [2.05, 4.69) is 10.2 Å². The number of fused-ring (bicyclic) bond motifs is 1. The first-order chi connectivity index (χ1) is 11.2. The smallest absolute Gasteiger partial charge is 0.251 e. The molecule has 0 unspecified atom stereocenters. The van der Waals surface area contributed by atoms with Gasteiger partial charge in [0.1, 0.15) is 11.3 Å². The topological polar surface area (TPSA) is 54.7 Å². The first-order valence-corrected chi connectivity index (χ1v) is 8.33. The zero-order valence-electron chi connectivity index (χ0n) is 13.4. The van der Waals surface area contributed by atoms with Crippen molar-refractivity contribution in [2.75, 3.05) is 26.3 Å². The molecule has 122 valence electrons. The van der Waals surface area contributed by atoms with Gasteiger partial charge in [0.15, 0.2) is 0 Å². The molecule has 3 heterocycles. The van der Waals surface area contributed by atoms with E-state index >= 15 is 0 Å². The van der Waals surface area contributed by atoms with Crippen molar-refractivity contribution in [2.45, 2.75) is 31.8 Å². The van der Waals surface area contributed by atoms with Gasteiger partial charge in [-0.2, -0.15) is 0 Å². The molecule has 5 heteroatoms. The summed E-state index contributed by atoms with van der Waals surface area (Å²) in [6.45, 7) is 5.45. The minimum atomic E-state index is -0.0366. The van der Waals surface area contributed by atoms with Crippen molar-refractivity contribution in [3.05, 3.63) is 35.6 Å². The zero-order chi connectivity index (χ0) is 15.8. The van der Waals surface area contributed by atoms with Gasteiger partial charge in [-0.3, -0.25) is 9.69 Å². The summed E-state index contributed by atoms with van der Waals surface area (Å²) in [4.78, 5) is 15.0. The van der Waals surface area contributed by atoms with Crippen LogP contribution >= 0.6 is 0 Å². The van der Waals surface area contributed by atoms with Crippen LogP contribution in [0.1, 0.15) is 29.0 Å². The largest absolute Gasteiger partial charge is 0.461 e. The van der Waals surface area contributed by atoms with Gasteiger partial charge in [0.05, 0.1) is 25.3 Å². The van der Waals surface area contributed by atoms with Gasteiger partial charge in [-0.15, -0.1) is 0 Å². The first-order valence-electron chi connectivity index (χ1n) is 8.33. The number of carbonyl (C=O) groups excluding carboxylic acids is 1. The molecule has 2 aromatic rings. The quantitative estimate of drug-likeness (QED) is 0.945. The van der Waals surface area contributed by atoms with Gasteiger partial charge >= 0.3 is 0 Å². The van der Waals surface area contributed by atoms with E-state index in [4.69, 9.17) is 9.15 Å². The van der Waals surface area contributed by atoms with E-state index in [0.29, 0.717) is 24.8 Å². The van der Waals surface area contributed by atoms with Crippen molar-refractivity contribution >= 4 is 16.9 Å². The number of rotatable bonds is 3. The number of hydrogen-bond acceptors (Lipinski definition) is 4. The van der Waals surface area contributed by atoms with Crippen LogP contribution in [0, 0.1) is 6.92 Å². The SMILES string of the molecule is Cc1cc2cc(C(=O)N[C@H]3COC[C@@H]3N3CCCC3)ccc2o1. The van der Waals surface area contributed by atoms with Crippen LogP contribution in [0.15, 0.2) is 28.7 Å². The van der Waals surface area contributed by atoms with E-state index in [1.54, 1.807) is 0 Å². The van der Waals surface area contributed by atoms with Crippen molar-refractivity contribution < 1.29 is 13.9 Å². The number of nitrogens with zero attached hydrogens (tertiary/aromatic N) is 1. The van der Waals surface area contributed by atoms with Crippen LogP contribution in [0.3, 0.4) is 0 Å². The summed E-state index contributed by atoms with van der Waals surface area (Å²) in [6, 6.07) is 7.91. The monoisotopic (exact) mass is 314 g/mol. The molecular weight excluding hydrogens is 292 g/mol. The summed E-state index contributed by atoms with van der Waals surface area (Å²) in [6.07, 6.45) is 2.49. The maximum absolute atomic E-state index is 12.6. The minimum Gasteiger partial charge on any atom is -0.461 e. The van der Waals surface area contributed by atoms with E-state index in [0.717, 1.165) is 29.8 Å². The van der Waals surface area contributed by atoms with Crippen molar-refractivity contribution in [3.8, 4) is 0 Å². The molecule has 1 aromatic heterocycles. The van der Waals surface area contributed by atoms with E-state index < -0.39 is 0 Å². The summed E-state index contributed by atoms with van der Waals surface area (Å²) in [5.74, 6) is 0.821. The Hall–Kier alpha value is -1.85. The fourth-order valence-corrected chi connectivity index (χ4v) is 3.68. The summed E-state index contributed by atoms with van der Waals surface area (Å²) in [5.41, 5.74) is 1.49. The fourth-order valence-electron chi connectivity index (χ4n) is 3.68. The molecule has 23 heavy (non-hydrogen) atoms. The number of ether oxygens (including phenoxy) is 1. The van der Waals surface area contributed by atoms with Gasteiger partial charge in [0.25, 0.3) is 5.91 Å². The van der Waals surface area contributed by atoms with Gasteiger partial charge in [-0.25, -0.2) is 0 Å². The molecule has 0 aliphatic carbocycles. The van der Waals surface area contributed by atoms with Gasteiger partial charge in [-0.1, -0.05) is 0 Å². The Bertz CT molecular complexity index is 718. The molecule has 2 saturated heterocycles. The second kappa shape index (κ2) is 5.98. The Labute approximate surface area is 135 Å². The number of carbonyl (C=O) groups is 1. The molecule has 2 aliphatic heterocycles. The van der Waals surface area contributed by atoms with E-state index in [-0.39, 0.29) is 11.9 Å². The van der Waals surface area contributed by atoms with Crippen molar-refractivity contribution in [3.63, 3.8) is 0 Å². The van der Waals surface area contributed by atoms with E-state index in [1.807, 2.05) is 31.2 Å². The Morgan fingerprint density at radius 1 is 1.22 bits per heavy atom. The average Bonchev–Trinajstić information content (AvgIpc) is 3.25. The lowest BCUT2D eigenvalue weighted by molar-refractivity contribution is 0.0917. The standard InChI is InChI=1S/C18H22N2O3/c1-12-8-14-9-13(4-5-17(14)23-12)18(21)19-15-10-22-11-16(15)20-6-2-3-7-20/h4-5,8-9,15-16H,2-3,6-7,10-11H2,1H3,(H,19,21)/t15-,16-/m0/s1. The maximum Gasteiger partial charge on any atom is 0.251 e. The van der Waals surface area contributed by atoms with Crippen LogP contribution < -0.4 is 5.32 Å². The minimum absolute atomic E-state index is 0.0366. The maximum atomic E-state index is 12.6. The van der Waals surface area contributed by atoms with Crippen LogP contribution in [0.4, 0.5) is 0 Å². The number of amides is 1. The molecule has 4 rings (SSSR count). The normalized spacial score (nSPS) is 25.3. The summed E-state index contributed by atoms with van der Waals surface area (Å²) >= 11 is 0. The molecule has 2 fully saturated rings. The fraction of sp³-hybridized carbons (Fsp3) is 0.500. The van der Waals surface area contributed by atoms with E-state index in [9.17, 15) is 4.79 Å². The highest BCUT2D eigenvalue weighted by Crippen LogP contribution is 2.22. The van der Waals surface area contributed by atoms with Gasteiger partial charge in [-0.05, 0) is 57.1 Å². The highest BCUT2D eigenvalue weighted by atomic mass is 16.5. The molecule has 0 saturated carbocycles. The van der Waals surface area contributed by atoms with Crippen molar-refractivity contribution in [1.29, 1.82) is 0 Å². The third-order valence-corrected chi connectivity index (χ3v) is 4.88. The molecule has 5 nitrogen and oxygen atoms in total. The Balaban J connectivity index is 1.49. The predicted octanol–water partition coefficient (Wildman–Crippen LogP) is 2.33. The van der Waals surface area contributed by atoms with Gasteiger partial charge in [0, 0.05) is 10.9 Å². The summed E-state index contributed by atoms with van der Waals surface area (Å²) in [7, 11) is 0. The van der Waals surface area contributed by atoms with Gasteiger partial charge < -0.3 is 14.5 Å². The molecular formula is C18H22N2O3. The molecule has 2 aliphatic rings. The third-order valence-electron chi connectivity index (χ3n) is 4.88. The number of aryl methyl sites for hydroxylation is 1. The molecule has 1 amide bonds. The lowest BCUT2D eigenvalue weighted by Crippen LogP contribution is -2.50. The zero-order valence-corrected chi connectivity index (χ0v) is 13.4. The predicted molar refractivity (Wildman–Crippen MR) is 87.6 cm³/mol. The number of hydrogen-bond donors (Lipinski definition) is 1. The Kier molecular flexibility index (Phi) is 3.83. The third kappa shape index (κ3) is 2.86. The molecule has 1 N–H and O–H groups in total. The van der Waals surface area contributed by atoms with Crippen LogP contribution in [0.5, 0.6) is 0 Å². The lowest BCUT2D eigenvalue weighted by atomic mass is 10.1. The number of likely N-dealkylation sites (tertiary alicyclic amines) is 1. The summed E-state index contributed by atoms with van der Waals surface area (Å²) in [5, 5.41) is 4.12. The molecule has 1 aromatic carbocycles. The first kappa shape index (κ1) is 14.7. The number of nitrogens with one attached hydrogen (secondary N) is 1. The lowest BCUT2D eigenvalue weighted by Gasteiger charge is -2.27. The molecule has 0 bridgehead atoms. The van der Waals surface area contributed by atoms with E-state index in [1.165, 1.54) is 12.8 Å². The van der Waals surface area contributed by atoms with Gasteiger partial charge in [0.2, 0.25) is 0 Å². The number of benzene rings is 1. The van der Waals surface area contributed by atoms with Crippen LogP contribution in [-0.4, -0.2) is 49.2 Å². The highest BCUT2D eigenvalue weighted by molar-refractivity contribution is 5.98. The Morgan fingerprint density at radius 3 is 2.87 bits per heavy atom. The van der Waals surface area contributed by atoms with Crippen molar-refractivity contribution in [2.24, 2.45) is 0 Å². The second-order valence-electron chi connectivity index (χ2n) is 6.54. The average molecular weight is 314 g/mol. The second-order valence-corrected chi connectivity index (χ2v) is 6.54. The van der Waals surface area contributed by atoms with Crippen molar-refractivity contribution in [1.82, 2.24) is 10.2 Å². The molecule has 0 spiro atoms. The Morgan fingerprint density at radius 2 is 2.04 bits per heavy atom. The van der Waals surface area contributed by atoms with Crippen LogP contribution in [0.2, 0.25) is 0 Å². The highest BCUT2D eigenvalue weighted by Gasteiger charge is 2.35. The van der Waals surface area contributed by atoms with Crippen LogP contribution in [0.25, 0.3) is 11.0 Å². The van der Waals surface area contributed by atoms with Crippen LogP contribution in [-0.2, 0) is 4.74 Å². The number of furan rings is 1.